The van der Waals surface area contributed by atoms with E-state index in [1.165, 1.54) is 0 Å². The number of amides is 1. The zero-order valence-electron chi connectivity index (χ0n) is 18.2. The van der Waals surface area contributed by atoms with Gasteiger partial charge in [0.2, 0.25) is 0 Å². The van der Waals surface area contributed by atoms with Crippen LogP contribution in [0.25, 0.3) is 33.8 Å². The second kappa shape index (κ2) is 8.05. The van der Waals surface area contributed by atoms with Crippen LogP contribution in [0.2, 0.25) is 0 Å². The fraction of sp³-hybridized carbons (Fsp3) is 0.250. The van der Waals surface area contributed by atoms with Gasteiger partial charge < -0.3 is 20.5 Å². The van der Waals surface area contributed by atoms with Gasteiger partial charge in [0.25, 0.3) is 5.91 Å². The van der Waals surface area contributed by atoms with Gasteiger partial charge in [-0.25, -0.2) is 15.0 Å². The number of nitrogen functional groups attached to an aromatic ring is 1. The van der Waals surface area contributed by atoms with Gasteiger partial charge in [-0.15, -0.1) is 0 Å². The molecule has 3 heterocycles. The molecule has 0 radical (unpaired) electrons. The van der Waals surface area contributed by atoms with E-state index in [9.17, 15) is 4.79 Å². The molecule has 2 aromatic carbocycles. The van der Waals surface area contributed by atoms with Gasteiger partial charge in [-0.2, -0.15) is 0 Å². The molecule has 0 bridgehead atoms. The summed E-state index contributed by atoms with van der Waals surface area (Å²) >= 11 is 0. The number of likely N-dealkylation sites (N-methyl/N-ethyl adjacent to an activating group) is 1. The third-order valence-electron chi connectivity index (χ3n) is 5.88. The van der Waals surface area contributed by atoms with Crippen LogP contribution in [0.1, 0.15) is 20.2 Å². The number of aryl methyl sites for hydroxylation is 1. The highest BCUT2D eigenvalue weighted by atomic mass is 16.2. The first-order chi connectivity index (χ1) is 15.5. The van der Waals surface area contributed by atoms with Crippen molar-refractivity contribution in [2.45, 2.75) is 6.92 Å². The molecular weight excluding hydrogens is 402 g/mol. The first-order valence-electron chi connectivity index (χ1n) is 10.7. The maximum Gasteiger partial charge on any atom is 0.253 e. The van der Waals surface area contributed by atoms with Crippen molar-refractivity contribution < 1.29 is 9.07 Å². The molecule has 4 aromatic rings. The summed E-state index contributed by atoms with van der Waals surface area (Å²) in [6.07, 6.45) is 1.64. The maximum atomic E-state index is 12.8. The lowest BCUT2D eigenvalue weighted by Gasteiger charge is -2.32. The Kier molecular flexibility index (Phi) is 5.07. The molecule has 2 aromatic heterocycles. The summed E-state index contributed by atoms with van der Waals surface area (Å²) in [5.74, 6) is 0.956. The standard InChI is InChI=1S/C24H25N7O.3H2/c1-15-3-8-18-19(13-15)29-23(28-18)21-22(25)26-14-20(27-21)16-4-6-17(7-5-16)24(32)31-11-9-30(2)10-12-31;;;/h3-8,13-14H,9-12H2,1-2H3,(H2,25,26)(H,28,29);3*1H. The van der Waals surface area contributed by atoms with E-state index in [4.69, 9.17) is 10.7 Å². The lowest BCUT2D eigenvalue weighted by Crippen LogP contribution is -2.47. The Morgan fingerprint density at radius 2 is 1.81 bits per heavy atom. The van der Waals surface area contributed by atoms with Gasteiger partial charge in [0.15, 0.2) is 11.6 Å². The zero-order valence-corrected chi connectivity index (χ0v) is 18.2. The van der Waals surface area contributed by atoms with Crippen LogP contribution in [0, 0.1) is 6.92 Å². The Morgan fingerprint density at radius 1 is 1.06 bits per heavy atom. The third kappa shape index (κ3) is 3.80. The highest BCUT2D eigenvalue weighted by Gasteiger charge is 2.20. The molecular formula is C24H31N7O. The lowest BCUT2D eigenvalue weighted by molar-refractivity contribution is 0.0664. The van der Waals surface area contributed by atoms with E-state index in [0.29, 0.717) is 28.6 Å². The number of nitrogens with one attached hydrogen (secondary N) is 1. The normalized spacial score (nSPS) is 14.8. The fourth-order valence-electron chi connectivity index (χ4n) is 3.92. The van der Waals surface area contributed by atoms with Crippen LogP contribution < -0.4 is 5.73 Å². The number of fused-ring (bicyclic) bond motifs is 1. The van der Waals surface area contributed by atoms with Gasteiger partial charge in [0.1, 0.15) is 5.69 Å². The average molecular weight is 434 g/mol. The highest BCUT2D eigenvalue weighted by molar-refractivity contribution is 5.94. The number of carbonyl (C=O) groups excluding carboxylic acids is 1. The van der Waals surface area contributed by atoms with Crippen LogP contribution in [0.4, 0.5) is 5.82 Å². The van der Waals surface area contributed by atoms with Crippen molar-refractivity contribution in [3.05, 3.63) is 59.8 Å². The van der Waals surface area contributed by atoms with E-state index in [1.54, 1.807) is 6.20 Å². The SMILES string of the molecule is Cc1ccc2nc(-c3nc(-c4ccc(C(=O)N5CCN(C)CC5)cc4)cnc3N)[nH]c2c1.[HH].[HH].[HH]. The summed E-state index contributed by atoms with van der Waals surface area (Å²) in [6.45, 7) is 5.33. The summed E-state index contributed by atoms with van der Waals surface area (Å²) in [5.41, 5.74) is 11.8. The van der Waals surface area contributed by atoms with Crippen molar-refractivity contribution in [2.24, 2.45) is 0 Å². The molecule has 168 valence electrons. The zero-order chi connectivity index (χ0) is 22.2. The molecule has 1 amide bonds. The Bertz CT molecular complexity index is 1300. The Morgan fingerprint density at radius 3 is 2.56 bits per heavy atom. The van der Waals surface area contributed by atoms with Gasteiger partial charge in [0.05, 0.1) is 22.9 Å². The number of hydrogen-bond donors (Lipinski definition) is 2. The van der Waals surface area contributed by atoms with Gasteiger partial charge in [-0.3, -0.25) is 4.79 Å². The predicted molar refractivity (Wildman–Crippen MR) is 131 cm³/mol. The van der Waals surface area contributed by atoms with Crippen LogP contribution in [-0.4, -0.2) is 68.9 Å². The largest absolute Gasteiger partial charge is 0.382 e. The summed E-state index contributed by atoms with van der Waals surface area (Å²) in [5, 5.41) is 0. The van der Waals surface area contributed by atoms with E-state index < -0.39 is 0 Å². The fourth-order valence-corrected chi connectivity index (χ4v) is 3.92. The van der Waals surface area contributed by atoms with Crippen molar-refractivity contribution >= 4 is 22.8 Å². The Labute approximate surface area is 190 Å². The smallest absolute Gasteiger partial charge is 0.253 e. The number of anilines is 1. The minimum atomic E-state index is 0. The van der Waals surface area contributed by atoms with Crippen molar-refractivity contribution in [3.63, 3.8) is 0 Å². The second-order valence-electron chi connectivity index (χ2n) is 8.27. The molecule has 8 heteroatoms. The second-order valence-corrected chi connectivity index (χ2v) is 8.27. The number of rotatable bonds is 3. The minimum Gasteiger partial charge on any atom is -0.382 e. The first-order valence-corrected chi connectivity index (χ1v) is 10.7. The minimum absolute atomic E-state index is 0. The number of aromatic nitrogens is 4. The molecule has 1 aliphatic rings. The van der Waals surface area contributed by atoms with Crippen molar-refractivity contribution in [1.29, 1.82) is 0 Å². The predicted octanol–water partition coefficient (Wildman–Crippen LogP) is 3.70. The van der Waals surface area contributed by atoms with Crippen molar-refractivity contribution in [1.82, 2.24) is 29.7 Å². The molecule has 1 aliphatic heterocycles. The molecule has 0 atom stereocenters. The third-order valence-corrected chi connectivity index (χ3v) is 5.88. The maximum absolute atomic E-state index is 12.8. The number of nitrogens with zero attached hydrogens (tertiary/aromatic N) is 5. The van der Waals surface area contributed by atoms with E-state index in [1.807, 2.05) is 54.3 Å². The number of hydrogen-bond acceptors (Lipinski definition) is 6. The molecule has 32 heavy (non-hydrogen) atoms. The Balaban J connectivity index is 0.00000144. The molecule has 1 fully saturated rings. The molecule has 0 unspecified atom stereocenters. The summed E-state index contributed by atoms with van der Waals surface area (Å²) in [6, 6.07) is 13.5. The highest BCUT2D eigenvalue weighted by Crippen LogP contribution is 2.26. The number of piperazine rings is 1. The molecule has 5 rings (SSSR count). The molecule has 3 N–H and O–H groups in total. The van der Waals surface area contributed by atoms with E-state index in [2.05, 4.69) is 26.9 Å². The molecule has 8 nitrogen and oxygen atoms in total. The molecule has 0 spiro atoms. The average Bonchev–Trinajstić information content (AvgIpc) is 3.22. The lowest BCUT2D eigenvalue weighted by atomic mass is 10.1. The van der Waals surface area contributed by atoms with Crippen molar-refractivity contribution in [3.8, 4) is 22.8 Å². The topological polar surface area (TPSA) is 104 Å². The van der Waals surface area contributed by atoms with Crippen LogP contribution in [-0.2, 0) is 0 Å². The van der Waals surface area contributed by atoms with Gasteiger partial charge in [0, 0.05) is 41.6 Å². The van der Waals surface area contributed by atoms with Crippen LogP contribution in [0.5, 0.6) is 0 Å². The van der Waals surface area contributed by atoms with Crippen LogP contribution in [0.15, 0.2) is 48.7 Å². The van der Waals surface area contributed by atoms with E-state index in [0.717, 1.165) is 48.3 Å². The number of aromatic amines is 1. The van der Waals surface area contributed by atoms with Crippen LogP contribution in [0.3, 0.4) is 0 Å². The number of imidazole rings is 1. The number of benzene rings is 2. The van der Waals surface area contributed by atoms with Gasteiger partial charge >= 0.3 is 0 Å². The first kappa shape index (κ1) is 20.1. The van der Waals surface area contributed by atoms with E-state index in [-0.39, 0.29) is 10.2 Å². The number of H-pyrrole nitrogens is 1. The van der Waals surface area contributed by atoms with Crippen molar-refractivity contribution in [2.75, 3.05) is 39.0 Å². The quantitative estimate of drug-likeness (QED) is 0.510. The summed E-state index contributed by atoms with van der Waals surface area (Å²) in [7, 11) is 2.07. The summed E-state index contributed by atoms with van der Waals surface area (Å²) < 4.78 is 0. The monoisotopic (exact) mass is 433 g/mol. The van der Waals surface area contributed by atoms with Gasteiger partial charge in [-0.05, 0) is 43.8 Å². The number of carbonyl (C=O) groups is 1. The van der Waals surface area contributed by atoms with E-state index >= 15 is 0 Å². The Hall–Kier alpha value is -3.78. The van der Waals surface area contributed by atoms with Gasteiger partial charge in [-0.1, -0.05) is 18.2 Å². The number of nitrogens with two attached hydrogens (primary N) is 1. The molecule has 0 aliphatic carbocycles. The van der Waals surface area contributed by atoms with Crippen LogP contribution >= 0.6 is 0 Å². The molecule has 1 saturated heterocycles. The summed E-state index contributed by atoms with van der Waals surface area (Å²) in [4.78, 5) is 33.9. The molecule has 0 saturated carbocycles.